The van der Waals surface area contributed by atoms with Crippen molar-refractivity contribution in [3.8, 4) is 0 Å². The molecule has 0 spiro atoms. The summed E-state index contributed by atoms with van der Waals surface area (Å²) < 4.78 is 28.3. The van der Waals surface area contributed by atoms with Crippen molar-refractivity contribution in [2.75, 3.05) is 18.6 Å². The number of hydrogen-bond donors (Lipinski definition) is 0. The van der Waals surface area contributed by atoms with Crippen molar-refractivity contribution in [2.24, 2.45) is 5.41 Å². The van der Waals surface area contributed by atoms with Gasteiger partial charge in [0.25, 0.3) is 11.8 Å². The molecule has 30 heavy (non-hydrogen) atoms. The zero-order valence-electron chi connectivity index (χ0n) is 16.8. The van der Waals surface area contributed by atoms with Gasteiger partial charge in [0.1, 0.15) is 15.9 Å². The Labute approximate surface area is 184 Å². The van der Waals surface area contributed by atoms with Gasteiger partial charge in [0.2, 0.25) is 0 Å². The number of Topliss-reactive ketones (excluding diaryl/α,β-unsaturated/α-hetero) is 1. The maximum atomic E-state index is 12.8. The molecule has 1 aliphatic heterocycles. The van der Waals surface area contributed by atoms with E-state index >= 15 is 0 Å². The fraction of sp³-hybridized carbons (Fsp3) is 0.474. The molecule has 164 valence electrons. The van der Waals surface area contributed by atoms with E-state index in [0.717, 1.165) is 6.26 Å². The normalized spacial score (nSPS) is 15.2. The van der Waals surface area contributed by atoms with E-state index in [4.69, 9.17) is 27.9 Å². The fourth-order valence-electron chi connectivity index (χ4n) is 2.66. The van der Waals surface area contributed by atoms with Crippen molar-refractivity contribution in [3.63, 3.8) is 0 Å². The van der Waals surface area contributed by atoms with Crippen molar-refractivity contribution in [1.29, 1.82) is 0 Å². The average Bonchev–Trinajstić information content (AvgIpc) is 2.83. The van der Waals surface area contributed by atoms with Gasteiger partial charge < -0.3 is 4.74 Å². The summed E-state index contributed by atoms with van der Waals surface area (Å²) in [4.78, 5) is 51.0. The molecule has 8 nitrogen and oxygen atoms in total. The molecular formula is C19H21Cl2NO7S. The van der Waals surface area contributed by atoms with E-state index in [0.29, 0.717) is 4.90 Å². The van der Waals surface area contributed by atoms with E-state index in [1.54, 1.807) is 20.8 Å². The lowest BCUT2D eigenvalue weighted by Gasteiger charge is -2.25. The van der Waals surface area contributed by atoms with Crippen LogP contribution < -0.4 is 0 Å². The number of carbonyl (C=O) groups excluding carboxylic acids is 4. The van der Waals surface area contributed by atoms with Gasteiger partial charge in [-0.3, -0.25) is 19.3 Å². The van der Waals surface area contributed by atoms with Crippen LogP contribution in [0, 0.1) is 5.41 Å². The maximum absolute atomic E-state index is 12.8. The minimum Gasteiger partial charge on any atom is -0.456 e. The number of imide groups is 1. The quantitative estimate of drug-likeness (QED) is 0.437. The van der Waals surface area contributed by atoms with Gasteiger partial charge in [-0.1, -0.05) is 44.0 Å². The number of ketones is 1. The van der Waals surface area contributed by atoms with Crippen LogP contribution in [0.1, 0.15) is 47.9 Å². The Morgan fingerprint density at radius 1 is 1.07 bits per heavy atom. The smallest absolute Gasteiger partial charge is 0.329 e. The van der Waals surface area contributed by atoms with E-state index < -0.39 is 51.4 Å². The number of ether oxygens (including phenoxy) is 1. The molecule has 0 radical (unpaired) electrons. The Bertz CT molecular complexity index is 987. The van der Waals surface area contributed by atoms with Crippen LogP contribution in [0.25, 0.3) is 0 Å². The molecule has 0 N–H and O–H groups in total. The molecule has 0 saturated heterocycles. The Morgan fingerprint density at radius 3 is 1.93 bits per heavy atom. The number of esters is 1. The molecule has 0 aromatic heterocycles. The molecule has 2 amide bonds. The van der Waals surface area contributed by atoms with E-state index in [1.807, 2.05) is 0 Å². The van der Waals surface area contributed by atoms with Crippen LogP contribution in [0.5, 0.6) is 0 Å². The molecule has 0 fully saturated rings. The Morgan fingerprint density at radius 2 is 1.53 bits per heavy atom. The van der Waals surface area contributed by atoms with Crippen LogP contribution in [0.2, 0.25) is 10.0 Å². The lowest BCUT2D eigenvalue weighted by molar-refractivity contribution is -0.153. The van der Waals surface area contributed by atoms with Gasteiger partial charge in [0.05, 0.1) is 26.9 Å². The number of amides is 2. The summed E-state index contributed by atoms with van der Waals surface area (Å²) in [6, 6.07) is 0.890. The standard InChI is InChI=1S/C19H21Cl2NO7S/c1-19(2,3)15(23)9-29-18(26)14(5-6-30(4,27)28)22-16(24)10-7-12(20)13(21)8-11(10)17(22)25/h7-8,14H,5-6,9H2,1-4H3/t14-/m1/s1. The van der Waals surface area contributed by atoms with Gasteiger partial charge in [-0.2, -0.15) is 0 Å². The highest BCUT2D eigenvalue weighted by atomic mass is 35.5. The van der Waals surface area contributed by atoms with E-state index in [1.165, 1.54) is 12.1 Å². The number of nitrogens with zero attached hydrogens (tertiary/aromatic N) is 1. The van der Waals surface area contributed by atoms with Crippen molar-refractivity contribution in [3.05, 3.63) is 33.3 Å². The first-order valence-electron chi connectivity index (χ1n) is 8.88. The fourth-order valence-corrected chi connectivity index (χ4v) is 3.64. The minimum atomic E-state index is -3.52. The summed E-state index contributed by atoms with van der Waals surface area (Å²) in [5.41, 5.74) is -0.888. The summed E-state index contributed by atoms with van der Waals surface area (Å²) in [7, 11) is -3.52. The molecule has 0 bridgehead atoms. The topological polar surface area (TPSA) is 115 Å². The van der Waals surface area contributed by atoms with E-state index in [2.05, 4.69) is 0 Å². The molecular weight excluding hydrogens is 457 g/mol. The Hall–Kier alpha value is -1.97. The van der Waals surface area contributed by atoms with Gasteiger partial charge in [-0.15, -0.1) is 0 Å². The average molecular weight is 478 g/mol. The van der Waals surface area contributed by atoms with Crippen LogP contribution in [0.3, 0.4) is 0 Å². The highest BCUT2D eigenvalue weighted by Gasteiger charge is 2.44. The first kappa shape index (κ1) is 24.3. The summed E-state index contributed by atoms with van der Waals surface area (Å²) in [5.74, 6) is -3.56. The molecule has 0 unspecified atom stereocenters. The van der Waals surface area contributed by atoms with Crippen molar-refractivity contribution in [2.45, 2.75) is 33.2 Å². The molecule has 0 aliphatic carbocycles. The van der Waals surface area contributed by atoms with Gasteiger partial charge >= 0.3 is 5.97 Å². The van der Waals surface area contributed by atoms with Crippen molar-refractivity contribution < 1.29 is 32.3 Å². The van der Waals surface area contributed by atoms with Crippen LogP contribution in [-0.4, -0.2) is 61.5 Å². The predicted octanol–water partition coefficient (Wildman–Crippen LogP) is 2.55. The first-order chi connectivity index (χ1) is 13.6. The molecule has 0 saturated carbocycles. The third-order valence-corrected chi connectivity index (χ3v) is 6.19. The zero-order valence-corrected chi connectivity index (χ0v) is 19.2. The lowest BCUT2D eigenvalue weighted by Crippen LogP contribution is -2.47. The van der Waals surface area contributed by atoms with Gasteiger partial charge in [0, 0.05) is 11.7 Å². The largest absolute Gasteiger partial charge is 0.456 e. The monoisotopic (exact) mass is 477 g/mol. The molecule has 1 aromatic rings. The molecule has 1 aliphatic rings. The second kappa shape index (κ2) is 8.64. The summed E-state index contributed by atoms with van der Waals surface area (Å²) in [6.45, 7) is 4.35. The number of fused-ring (bicyclic) bond motifs is 1. The molecule has 11 heteroatoms. The molecule has 2 rings (SSSR count). The zero-order chi connectivity index (χ0) is 23.0. The van der Waals surface area contributed by atoms with Gasteiger partial charge in [-0.25, -0.2) is 13.2 Å². The SMILES string of the molecule is CC(C)(C)C(=O)COC(=O)[C@@H](CCS(C)(=O)=O)N1C(=O)c2cc(Cl)c(Cl)cc2C1=O. The van der Waals surface area contributed by atoms with Gasteiger partial charge in [-0.05, 0) is 18.6 Å². The third-order valence-electron chi connectivity index (χ3n) is 4.49. The predicted molar refractivity (Wildman–Crippen MR) is 110 cm³/mol. The van der Waals surface area contributed by atoms with Crippen LogP contribution in [-0.2, 0) is 24.2 Å². The summed E-state index contributed by atoms with van der Waals surface area (Å²) in [6.07, 6.45) is 0.578. The van der Waals surface area contributed by atoms with Crippen molar-refractivity contribution in [1.82, 2.24) is 4.90 Å². The highest BCUT2D eigenvalue weighted by Crippen LogP contribution is 2.33. The number of hydrogen-bond acceptors (Lipinski definition) is 7. The van der Waals surface area contributed by atoms with Crippen LogP contribution in [0.4, 0.5) is 0 Å². The van der Waals surface area contributed by atoms with Crippen LogP contribution in [0.15, 0.2) is 12.1 Å². The van der Waals surface area contributed by atoms with E-state index in [9.17, 15) is 27.6 Å². The molecule has 1 atom stereocenters. The number of sulfone groups is 1. The Kier molecular flexibility index (Phi) is 7.00. The van der Waals surface area contributed by atoms with Crippen LogP contribution >= 0.6 is 23.2 Å². The van der Waals surface area contributed by atoms with Crippen molar-refractivity contribution >= 4 is 56.6 Å². The number of halogens is 2. The lowest BCUT2D eigenvalue weighted by atomic mass is 9.91. The number of benzene rings is 1. The van der Waals surface area contributed by atoms with Gasteiger partial charge in [0.15, 0.2) is 12.4 Å². The highest BCUT2D eigenvalue weighted by molar-refractivity contribution is 7.90. The number of carbonyl (C=O) groups is 4. The second-order valence-electron chi connectivity index (χ2n) is 8.01. The summed E-state index contributed by atoms with van der Waals surface area (Å²) in [5, 5.41) is 0.0916. The minimum absolute atomic E-state index is 0.0458. The Balaban J connectivity index is 2.35. The third kappa shape index (κ3) is 5.39. The molecule has 1 heterocycles. The van der Waals surface area contributed by atoms with E-state index in [-0.39, 0.29) is 33.4 Å². The molecule has 1 aromatic carbocycles. The maximum Gasteiger partial charge on any atom is 0.329 e. The summed E-state index contributed by atoms with van der Waals surface area (Å²) >= 11 is 11.8. The number of rotatable bonds is 7. The second-order valence-corrected chi connectivity index (χ2v) is 11.1. The first-order valence-corrected chi connectivity index (χ1v) is 11.7.